The largest absolute Gasteiger partial charge is 0.467 e. The highest BCUT2D eigenvalue weighted by Crippen LogP contribution is 2.45. The van der Waals surface area contributed by atoms with Gasteiger partial charge in [-0.15, -0.1) is 0 Å². The number of rotatable bonds is 6. The molecular formula is C26H33BrClFN6O6. The van der Waals surface area contributed by atoms with Gasteiger partial charge in [-0.05, 0) is 69.7 Å². The number of anilines is 2. The zero-order chi connectivity index (χ0) is 30.4. The SMILES string of the molecule is COC(=O)[C@@H]1C[C@@H](Nc2c([N+](=O)[O-])c(N3CC(N(C)C)C3)nc3c(F)c(Br)c(Cl)cc23)CCN1C(=O)OC(C)(C)C. The number of benzene rings is 1. The Morgan fingerprint density at radius 1 is 1.32 bits per heavy atom. The van der Waals surface area contributed by atoms with Gasteiger partial charge < -0.3 is 24.6 Å². The van der Waals surface area contributed by atoms with E-state index in [0.717, 1.165) is 0 Å². The van der Waals surface area contributed by atoms with E-state index in [4.69, 9.17) is 21.1 Å². The number of carbonyl (C=O) groups excluding carboxylic acids is 2. The quantitative estimate of drug-likeness (QED) is 0.200. The zero-order valence-electron chi connectivity index (χ0n) is 23.7. The van der Waals surface area contributed by atoms with E-state index in [0.29, 0.717) is 19.5 Å². The molecule has 2 aromatic rings. The van der Waals surface area contributed by atoms with Crippen molar-refractivity contribution >= 4 is 67.7 Å². The Hall–Kier alpha value is -2.97. The fourth-order valence-corrected chi connectivity index (χ4v) is 5.47. The average molecular weight is 660 g/mol. The predicted molar refractivity (Wildman–Crippen MR) is 156 cm³/mol. The minimum atomic E-state index is -1.00. The van der Waals surface area contributed by atoms with Crippen molar-refractivity contribution in [3.05, 3.63) is 31.5 Å². The van der Waals surface area contributed by atoms with Gasteiger partial charge in [0.2, 0.25) is 5.82 Å². The van der Waals surface area contributed by atoms with Gasteiger partial charge in [0.05, 0.1) is 21.5 Å². The van der Waals surface area contributed by atoms with E-state index >= 15 is 4.39 Å². The van der Waals surface area contributed by atoms with Gasteiger partial charge in [-0.1, -0.05) is 11.6 Å². The number of fused-ring (bicyclic) bond motifs is 1. The van der Waals surface area contributed by atoms with Crippen molar-refractivity contribution in [2.24, 2.45) is 0 Å². The summed E-state index contributed by atoms with van der Waals surface area (Å²) in [6, 6.07) is 0.0516. The fraction of sp³-hybridized carbons (Fsp3) is 0.577. The van der Waals surface area contributed by atoms with Crippen molar-refractivity contribution in [1.29, 1.82) is 0 Å². The predicted octanol–water partition coefficient (Wildman–Crippen LogP) is 4.80. The maximum Gasteiger partial charge on any atom is 0.411 e. The smallest absolute Gasteiger partial charge is 0.411 e. The van der Waals surface area contributed by atoms with Gasteiger partial charge in [0, 0.05) is 37.1 Å². The summed E-state index contributed by atoms with van der Waals surface area (Å²) in [5.74, 6) is -1.36. The van der Waals surface area contributed by atoms with E-state index in [9.17, 15) is 19.7 Å². The Labute approximate surface area is 250 Å². The highest BCUT2D eigenvalue weighted by molar-refractivity contribution is 9.10. The number of hydrogen-bond donors (Lipinski definition) is 1. The molecule has 12 nitrogen and oxygen atoms in total. The lowest BCUT2D eigenvalue weighted by molar-refractivity contribution is -0.383. The number of hydrogen-bond acceptors (Lipinski definition) is 10. The first-order valence-electron chi connectivity index (χ1n) is 13.0. The van der Waals surface area contributed by atoms with Gasteiger partial charge in [-0.3, -0.25) is 15.0 Å². The summed E-state index contributed by atoms with van der Waals surface area (Å²) in [7, 11) is 5.05. The second-order valence-corrected chi connectivity index (χ2v) is 12.6. The van der Waals surface area contributed by atoms with E-state index in [-0.39, 0.29) is 56.6 Å². The van der Waals surface area contributed by atoms with E-state index < -0.39 is 40.5 Å². The number of nitrogens with zero attached hydrogens (tertiary/aromatic N) is 5. The Bertz CT molecular complexity index is 1380. The second kappa shape index (κ2) is 11.7. The number of likely N-dealkylation sites (tertiary alicyclic amines) is 1. The van der Waals surface area contributed by atoms with Gasteiger partial charge in [0.25, 0.3) is 0 Å². The monoisotopic (exact) mass is 658 g/mol. The molecule has 224 valence electrons. The molecule has 1 aromatic heterocycles. The zero-order valence-corrected chi connectivity index (χ0v) is 26.0. The maximum absolute atomic E-state index is 15.5. The van der Waals surface area contributed by atoms with Crippen LogP contribution in [-0.2, 0) is 14.3 Å². The van der Waals surface area contributed by atoms with Crippen LogP contribution in [0, 0.1) is 15.9 Å². The Kier molecular flexibility index (Phi) is 8.86. The lowest BCUT2D eigenvalue weighted by Crippen LogP contribution is -2.58. The summed E-state index contributed by atoms with van der Waals surface area (Å²) in [5.41, 5.74) is -1.15. The van der Waals surface area contributed by atoms with Gasteiger partial charge in [0.1, 0.15) is 22.8 Å². The van der Waals surface area contributed by atoms with E-state index in [1.54, 1.807) is 25.7 Å². The molecule has 2 aliphatic rings. The van der Waals surface area contributed by atoms with Crippen LogP contribution < -0.4 is 10.2 Å². The molecular weight excluding hydrogens is 627 g/mol. The van der Waals surface area contributed by atoms with Crippen LogP contribution in [0.3, 0.4) is 0 Å². The van der Waals surface area contributed by atoms with Crippen LogP contribution in [-0.4, -0.2) is 96.3 Å². The molecule has 1 amide bonds. The molecule has 3 heterocycles. The Balaban J connectivity index is 1.77. The minimum Gasteiger partial charge on any atom is -0.467 e. The van der Waals surface area contributed by atoms with Crippen LogP contribution in [0.5, 0.6) is 0 Å². The first-order valence-corrected chi connectivity index (χ1v) is 14.2. The number of nitrogens with one attached hydrogen (secondary N) is 1. The standard InChI is InChI=1S/C26H33BrClFN6O6/c1-26(2,3)41-25(37)34-8-7-13(9-17(34)24(36)40-6)30-21-15-10-16(28)18(27)19(29)20(15)31-23(22(21)35(38)39)33-11-14(12-33)32(4)5/h10,13-14,17H,7-9,11-12H2,1-6H3,(H,30,31)/t13-,17-/m0/s1. The topological polar surface area (TPSA) is 130 Å². The fourth-order valence-electron chi connectivity index (χ4n) is 4.98. The third kappa shape index (κ3) is 6.28. The molecule has 0 radical (unpaired) electrons. The minimum absolute atomic E-state index is 0.00359. The molecule has 41 heavy (non-hydrogen) atoms. The summed E-state index contributed by atoms with van der Waals surface area (Å²) >= 11 is 9.42. The number of halogens is 3. The number of amides is 1. The summed E-state index contributed by atoms with van der Waals surface area (Å²) in [6.45, 7) is 6.23. The molecule has 0 saturated carbocycles. The molecule has 0 unspecified atom stereocenters. The highest BCUT2D eigenvalue weighted by Gasteiger charge is 2.41. The molecule has 15 heteroatoms. The summed E-state index contributed by atoms with van der Waals surface area (Å²) in [5, 5.41) is 15.9. The van der Waals surface area contributed by atoms with Gasteiger partial charge >= 0.3 is 17.7 Å². The van der Waals surface area contributed by atoms with Crippen molar-refractivity contribution in [2.45, 2.75) is 57.3 Å². The normalized spacial score (nSPS) is 19.8. The van der Waals surface area contributed by atoms with Crippen LogP contribution in [0.2, 0.25) is 5.02 Å². The maximum atomic E-state index is 15.5. The first kappa shape index (κ1) is 31.0. The molecule has 2 atom stereocenters. The second-order valence-electron chi connectivity index (χ2n) is 11.4. The third-order valence-corrected chi connectivity index (χ3v) is 8.50. The van der Waals surface area contributed by atoms with Crippen molar-refractivity contribution in [3.8, 4) is 0 Å². The van der Waals surface area contributed by atoms with Crippen molar-refractivity contribution < 1.29 is 28.4 Å². The number of methoxy groups -OCH3 is 1. The number of esters is 1. The molecule has 2 saturated heterocycles. The number of likely N-dealkylation sites (N-methyl/N-ethyl adjacent to an activating group) is 1. The van der Waals surface area contributed by atoms with Crippen LogP contribution >= 0.6 is 27.5 Å². The average Bonchev–Trinajstić information content (AvgIpc) is 2.85. The number of carbonyl (C=O) groups is 2. The highest BCUT2D eigenvalue weighted by atomic mass is 79.9. The van der Waals surface area contributed by atoms with Crippen LogP contribution in [0.4, 0.5) is 26.4 Å². The van der Waals surface area contributed by atoms with Crippen molar-refractivity contribution in [2.75, 3.05) is 51.1 Å². The lowest BCUT2D eigenvalue weighted by Gasteiger charge is -2.43. The van der Waals surface area contributed by atoms with Gasteiger partial charge in [-0.25, -0.2) is 19.0 Å². The number of piperidine rings is 1. The number of ether oxygens (including phenoxy) is 2. The summed E-state index contributed by atoms with van der Waals surface area (Å²) in [4.78, 5) is 47.0. The van der Waals surface area contributed by atoms with Crippen LogP contribution in [0.25, 0.3) is 10.9 Å². The molecule has 0 spiro atoms. The van der Waals surface area contributed by atoms with E-state index in [1.165, 1.54) is 18.1 Å². The molecule has 4 rings (SSSR count). The lowest BCUT2D eigenvalue weighted by atomic mass is 9.96. The third-order valence-electron chi connectivity index (χ3n) is 7.20. The summed E-state index contributed by atoms with van der Waals surface area (Å²) in [6.07, 6.45) is -0.273. The Morgan fingerprint density at radius 3 is 2.54 bits per heavy atom. The van der Waals surface area contributed by atoms with E-state index in [1.807, 2.05) is 19.0 Å². The molecule has 2 aliphatic heterocycles. The van der Waals surface area contributed by atoms with Crippen LogP contribution in [0.15, 0.2) is 10.5 Å². The van der Waals surface area contributed by atoms with Crippen molar-refractivity contribution in [3.63, 3.8) is 0 Å². The Morgan fingerprint density at radius 2 is 1.98 bits per heavy atom. The van der Waals surface area contributed by atoms with Gasteiger partial charge in [0.15, 0.2) is 5.82 Å². The molecule has 2 fully saturated rings. The first-order chi connectivity index (χ1) is 19.1. The molecule has 1 N–H and O–H groups in total. The molecule has 1 aromatic carbocycles. The summed E-state index contributed by atoms with van der Waals surface area (Å²) < 4.78 is 25.9. The van der Waals surface area contributed by atoms with E-state index in [2.05, 4.69) is 26.2 Å². The van der Waals surface area contributed by atoms with Crippen molar-refractivity contribution in [1.82, 2.24) is 14.8 Å². The van der Waals surface area contributed by atoms with Crippen LogP contribution in [0.1, 0.15) is 33.6 Å². The molecule has 0 bridgehead atoms. The number of aromatic nitrogens is 1. The number of nitro groups is 1. The molecule has 0 aliphatic carbocycles. The number of pyridine rings is 1. The van der Waals surface area contributed by atoms with Gasteiger partial charge in [-0.2, -0.15) is 0 Å².